The number of halogens is 1. The summed E-state index contributed by atoms with van der Waals surface area (Å²) in [5.74, 6) is -0.343. The fourth-order valence-corrected chi connectivity index (χ4v) is 2.44. The zero-order valence-electron chi connectivity index (χ0n) is 13.0. The Morgan fingerprint density at radius 3 is 2.68 bits per heavy atom. The highest BCUT2D eigenvalue weighted by atomic mass is 35.5. The summed E-state index contributed by atoms with van der Waals surface area (Å²) >= 11 is 5.97. The Hall–Kier alpha value is -3.36. The first kappa shape index (κ1) is 16.5. The van der Waals surface area contributed by atoms with Crippen LogP contribution in [0.4, 0.5) is 17.1 Å². The Morgan fingerprint density at radius 2 is 1.88 bits per heavy atom. The smallest absolute Gasteiger partial charge is 0.257 e. The van der Waals surface area contributed by atoms with Gasteiger partial charge >= 0.3 is 0 Å². The van der Waals surface area contributed by atoms with Crippen LogP contribution < -0.4 is 10.6 Å². The number of hydrogen-bond donors (Lipinski definition) is 2. The molecule has 5 nitrogen and oxygen atoms in total. The lowest BCUT2D eigenvalue weighted by Gasteiger charge is -2.09. The second-order valence-electron chi connectivity index (χ2n) is 5.21. The van der Waals surface area contributed by atoms with Gasteiger partial charge < -0.3 is 10.6 Å². The van der Waals surface area contributed by atoms with E-state index >= 15 is 0 Å². The van der Waals surface area contributed by atoms with Gasteiger partial charge in [0.25, 0.3) is 5.91 Å². The minimum absolute atomic E-state index is 0.343. The molecule has 122 valence electrons. The third-order valence-corrected chi connectivity index (χ3v) is 3.64. The molecule has 3 rings (SSSR count). The first-order valence-corrected chi connectivity index (χ1v) is 7.81. The third kappa shape index (κ3) is 4.14. The zero-order chi connectivity index (χ0) is 17.6. The molecule has 0 aliphatic heterocycles. The molecule has 0 aliphatic carbocycles. The van der Waals surface area contributed by atoms with Gasteiger partial charge in [-0.15, -0.1) is 0 Å². The Balaban J connectivity index is 1.79. The van der Waals surface area contributed by atoms with E-state index in [-0.39, 0.29) is 5.91 Å². The number of pyridine rings is 1. The van der Waals surface area contributed by atoms with Crippen molar-refractivity contribution in [2.45, 2.75) is 0 Å². The number of carbonyl (C=O) groups is 1. The number of nitrogens with zero attached hydrogens (tertiary/aromatic N) is 2. The van der Waals surface area contributed by atoms with Crippen LogP contribution in [0.15, 0.2) is 67.0 Å². The highest BCUT2D eigenvalue weighted by molar-refractivity contribution is 6.30. The van der Waals surface area contributed by atoms with Crippen molar-refractivity contribution >= 4 is 34.6 Å². The maximum absolute atomic E-state index is 12.4. The molecule has 0 saturated carbocycles. The van der Waals surface area contributed by atoms with Crippen LogP contribution in [0.2, 0.25) is 5.02 Å². The van der Waals surface area contributed by atoms with Crippen molar-refractivity contribution in [3.63, 3.8) is 0 Å². The number of carbonyl (C=O) groups excluding carboxylic acids is 1. The number of hydrogen-bond acceptors (Lipinski definition) is 4. The van der Waals surface area contributed by atoms with E-state index in [1.807, 2.05) is 18.2 Å². The number of para-hydroxylation sites is 1. The van der Waals surface area contributed by atoms with Gasteiger partial charge in [-0.3, -0.25) is 9.78 Å². The van der Waals surface area contributed by atoms with E-state index in [1.165, 1.54) is 6.20 Å². The third-order valence-electron chi connectivity index (χ3n) is 3.41. The lowest BCUT2D eigenvalue weighted by molar-refractivity contribution is 0.102. The standard InChI is InChI=1S/C19H13ClN4O/c20-15-5-3-6-16(9-15)23-17-8-14(11-22-12-17)19(25)24-18-7-2-1-4-13(18)10-21/h1-9,11-12,23H,(H,24,25). The normalized spacial score (nSPS) is 9.92. The minimum Gasteiger partial charge on any atom is -0.354 e. The summed E-state index contributed by atoms with van der Waals surface area (Å²) in [6.07, 6.45) is 3.08. The van der Waals surface area contributed by atoms with Crippen LogP contribution in [0.5, 0.6) is 0 Å². The van der Waals surface area contributed by atoms with Gasteiger partial charge in [0.05, 0.1) is 28.7 Å². The molecule has 25 heavy (non-hydrogen) atoms. The van der Waals surface area contributed by atoms with Crippen LogP contribution in [-0.2, 0) is 0 Å². The van der Waals surface area contributed by atoms with Crippen LogP contribution in [-0.4, -0.2) is 10.9 Å². The SMILES string of the molecule is N#Cc1ccccc1NC(=O)c1cncc(Nc2cccc(Cl)c2)c1. The van der Waals surface area contributed by atoms with Gasteiger partial charge in [-0.25, -0.2) is 0 Å². The van der Waals surface area contributed by atoms with E-state index < -0.39 is 0 Å². The fourth-order valence-electron chi connectivity index (χ4n) is 2.25. The van der Waals surface area contributed by atoms with Crippen molar-refractivity contribution in [3.05, 3.63) is 83.1 Å². The largest absolute Gasteiger partial charge is 0.354 e. The number of amides is 1. The summed E-state index contributed by atoms with van der Waals surface area (Å²) in [6.45, 7) is 0. The van der Waals surface area contributed by atoms with E-state index in [0.29, 0.717) is 27.5 Å². The molecule has 1 heterocycles. The molecule has 3 aromatic rings. The Bertz CT molecular complexity index is 965. The monoisotopic (exact) mass is 348 g/mol. The number of benzene rings is 2. The van der Waals surface area contributed by atoms with E-state index in [1.54, 1.807) is 48.7 Å². The van der Waals surface area contributed by atoms with Crippen molar-refractivity contribution in [1.29, 1.82) is 5.26 Å². The molecule has 0 saturated heterocycles. The van der Waals surface area contributed by atoms with Gasteiger partial charge in [0.2, 0.25) is 0 Å². The average Bonchev–Trinajstić information content (AvgIpc) is 2.62. The Morgan fingerprint density at radius 1 is 1.04 bits per heavy atom. The molecular formula is C19H13ClN4O. The summed E-state index contributed by atoms with van der Waals surface area (Å²) in [5, 5.41) is 15.6. The molecule has 0 fully saturated rings. The molecular weight excluding hydrogens is 336 g/mol. The summed E-state index contributed by atoms with van der Waals surface area (Å²) < 4.78 is 0. The fraction of sp³-hybridized carbons (Fsp3) is 0. The molecule has 0 spiro atoms. The zero-order valence-corrected chi connectivity index (χ0v) is 13.8. The van der Waals surface area contributed by atoms with Crippen LogP contribution >= 0.6 is 11.6 Å². The topological polar surface area (TPSA) is 77.8 Å². The van der Waals surface area contributed by atoms with Crippen molar-refractivity contribution in [3.8, 4) is 6.07 Å². The van der Waals surface area contributed by atoms with Gasteiger partial charge in [0, 0.05) is 16.9 Å². The van der Waals surface area contributed by atoms with E-state index in [2.05, 4.69) is 15.6 Å². The van der Waals surface area contributed by atoms with Gasteiger partial charge in [-0.1, -0.05) is 29.8 Å². The molecule has 0 unspecified atom stereocenters. The molecule has 2 N–H and O–H groups in total. The maximum atomic E-state index is 12.4. The second-order valence-corrected chi connectivity index (χ2v) is 5.65. The molecule has 6 heteroatoms. The number of nitrogens with one attached hydrogen (secondary N) is 2. The first-order chi connectivity index (χ1) is 12.2. The maximum Gasteiger partial charge on any atom is 0.257 e. The van der Waals surface area contributed by atoms with Gasteiger partial charge in [0.15, 0.2) is 0 Å². The Labute approximate surface area is 149 Å². The predicted octanol–water partition coefficient (Wildman–Crippen LogP) is 4.60. The number of anilines is 3. The van der Waals surface area contributed by atoms with E-state index in [4.69, 9.17) is 16.9 Å². The van der Waals surface area contributed by atoms with Gasteiger partial charge in [-0.05, 0) is 36.4 Å². The van der Waals surface area contributed by atoms with Gasteiger partial charge in [-0.2, -0.15) is 5.26 Å². The van der Waals surface area contributed by atoms with Crippen molar-refractivity contribution in [2.75, 3.05) is 10.6 Å². The first-order valence-electron chi connectivity index (χ1n) is 7.44. The van der Waals surface area contributed by atoms with Gasteiger partial charge in [0.1, 0.15) is 6.07 Å². The number of aromatic nitrogens is 1. The molecule has 0 aliphatic rings. The summed E-state index contributed by atoms with van der Waals surface area (Å²) in [5.41, 5.74) is 2.69. The molecule has 0 radical (unpaired) electrons. The summed E-state index contributed by atoms with van der Waals surface area (Å²) in [7, 11) is 0. The molecule has 1 aromatic heterocycles. The average molecular weight is 349 g/mol. The van der Waals surface area contributed by atoms with Crippen LogP contribution in [0.1, 0.15) is 15.9 Å². The highest BCUT2D eigenvalue weighted by Crippen LogP contribution is 2.21. The van der Waals surface area contributed by atoms with E-state index in [9.17, 15) is 4.79 Å². The quantitative estimate of drug-likeness (QED) is 0.722. The van der Waals surface area contributed by atoms with Crippen LogP contribution in [0, 0.1) is 11.3 Å². The lowest BCUT2D eigenvalue weighted by Crippen LogP contribution is -2.13. The van der Waals surface area contributed by atoms with Crippen molar-refractivity contribution in [1.82, 2.24) is 4.98 Å². The summed E-state index contributed by atoms with van der Waals surface area (Å²) in [6, 6.07) is 17.8. The van der Waals surface area contributed by atoms with Crippen molar-refractivity contribution < 1.29 is 4.79 Å². The minimum atomic E-state index is -0.343. The predicted molar refractivity (Wildman–Crippen MR) is 98.1 cm³/mol. The highest BCUT2D eigenvalue weighted by Gasteiger charge is 2.10. The van der Waals surface area contributed by atoms with Crippen molar-refractivity contribution in [2.24, 2.45) is 0 Å². The molecule has 2 aromatic carbocycles. The van der Waals surface area contributed by atoms with Crippen LogP contribution in [0.3, 0.4) is 0 Å². The van der Waals surface area contributed by atoms with E-state index in [0.717, 1.165) is 5.69 Å². The van der Waals surface area contributed by atoms with Crippen LogP contribution in [0.25, 0.3) is 0 Å². The Kier molecular flexibility index (Phi) is 4.93. The molecule has 0 atom stereocenters. The molecule has 1 amide bonds. The summed E-state index contributed by atoms with van der Waals surface area (Å²) in [4.78, 5) is 16.5. The second kappa shape index (κ2) is 7.47. The lowest BCUT2D eigenvalue weighted by atomic mass is 10.2. The molecule has 0 bridgehead atoms. The number of rotatable bonds is 4. The number of nitriles is 1.